The Morgan fingerprint density at radius 3 is 2.32 bits per heavy atom. The van der Waals surface area contributed by atoms with Gasteiger partial charge in [-0.15, -0.1) is 11.8 Å². The first-order chi connectivity index (χ1) is 16.5. The Kier molecular flexibility index (Phi) is 7.17. The highest BCUT2D eigenvalue weighted by molar-refractivity contribution is 5.87. The molecule has 1 fully saturated rings. The van der Waals surface area contributed by atoms with Crippen LogP contribution in [0.3, 0.4) is 0 Å². The van der Waals surface area contributed by atoms with Crippen molar-refractivity contribution in [1.82, 2.24) is 10.6 Å². The fourth-order valence-corrected chi connectivity index (χ4v) is 4.91. The molecule has 2 aliphatic carbocycles. The van der Waals surface area contributed by atoms with E-state index in [1.54, 1.807) is 6.92 Å². The van der Waals surface area contributed by atoms with E-state index >= 15 is 0 Å². The smallest absolute Gasteiger partial charge is 0.407 e. The number of hydrogen-bond acceptors (Lipinski definition) is 4. The quantitative estimate of drug-likeness (QED) is 0.547. The molecule has 7 heteroatoms. The number of alkyl carbamates (subject to hydrolysis) is 1. The topological polar surface area (TPSA) is 105 Å². The third-order valence-electron chi connectivity index (χ3n) is 6.60. The largest absolute Gasteiger partial charge is 0.481 e. The van der Waals surface area contributed by atoms with Crippen molar-refractivity contribution in [3.8, 4) is 23.0 Å². The molecule has 0 bridgehead atoms. The second kappa shape index (κ2) is 10.4. The van der Waals surface area contributed by atoms with Gasteiger partial charge in [0.2, 0.25) is 5.91 Å². The van der Waals surface area contributed by atoms with E-state index in [0.29, 0.717) is 12.8 Å². The van der Waals surface area contributed by atoms with E-state index in [1.165, 1.54) is 0 Å². The fourth-order valence-electron chi connectivity index (χ4n) is 4.91. The summed E-state index contributed by atoms with van der Waals surface area (Å²) >= 11 is 0. The third kappa shape index (κ3) is 4.91. The highest BCUT2D eigenvalue weighted by Crippen LogP contribution is 2.44. The highest BCUT2D eigenvalue weighted by atomic mass is 16.5. The number of nitrogens with one attached hydrogen (secondary N) is 2. The van der Waals surface area contributed by atoms with Crippen LogP contribution < -0.4 is 10.6 Å². The molecular weight excluding hydrogens is 432 g/mol. The van der Waals surface area contributed by atoms with Gasteiger partial charge in [0, 0.05) is 18.4 Å². The Bertz CT molecular complexity index is 1100. The number of carboxylic acids is 1. The molecule has 2 aromatic carbocycles. The first-order valence-electron chi connectivity index (χ1n) is 11.5. The van der Waals surface area contributed by atoms with E-state index in [9.17, 15) is 19.5 Å². The minimum Gasteiger partial charge on any atom is -0.481 e. The Balaban J connectivity index is 1.40. The van der Waals surface area contributed by atoms with E-state index < -0.39 is 36.0 Å². The summed E-state index contributed by atoms with van der Waals surface area (Å²) in [4.78, 5) is 36.9. The lowest BCUT2D eigenvalue weighted by atomic mass is 9.98. The number of fused-ring (bicyclic) bond motifs is 3. The molecule has 176 valence electrons. The van der Waals surface area contributed by atoms with Crippen molar-refractivity contribution in [2.24, 2.45) is 5.92 Å². The van der Waals surface area contributed by atoms with Crippen LogP contribution in [0.5, 0.6) is 0 Å². The van der Waals surface area contributed by atoms with Crippen LogP contribution in [0.25, 0.3) is 11.1 Å². The van der Waals surface area contributed by atoms with Gasteiger partial charge >= 0.3 is 12.1 Å². The van der Waals surface area contributed by atoms with Crippen molar-refractivity contribution in [2.75, 3.05) is 6.61 Å². The van der Waals surface area contributed by atoms with Gasteiger partial charge < -0.3 is 20.5 Å². The summed E-state index contributed by atoms with van der Waals surface area (Å²) in [6, 6.07) is 14.7. The molecule has 1 unspecified atom stereocenters. The maximum atomic E-state index is 12.9. The van der Waals surface area contributed by atoms with Crippen LogP contribution in [0, 0.1) is 17.8 Å². The average Bonchev–Trinajstić information content (AvgIpc) is 3.43. The summed E-state index contributed by atoms with van der Waals surface area (Å²) in [7, 11) is 0. The molecule has 1 saturated carbocycles. The molecule has 4 rings (SSSR count). The van der Waals surface area contributed by atoms with Crippen LogP contribution in [0.15, 0.2) is 48.5 Å². The molecule has 2 aromatic rings. The second-order valence-electron chi connectivity index (χ2n) is 8.64. The number of aliphatic carboxylic acids is 1. The summed E-state index contributed by atoms with van der Waals surface area (Å²) in [6.45, 7) is 1.79. The number of carboxylic acid groups (broad SMARTS) is 1. The Morgan fingerprint density at radius 2 is 1.71 bits per heavy atom. The van der Waals surface area contributed by atoms with Crippen LogP contribution in [0.2, 0.25) is 0 Å². The van der Waals surface area contributed by atoms with Crippen LogP contribution in [-0.4, -0.2) is 41.8 Å². The normalized spacial score (nSPS) is 19.2. The summed E-state index contributed by atoms with van der Waals surface area (Å²) in [6.07, 6.45) is 1.26. The van der Waals surface area contributed by atoms with Gasteiger partial charge in [0.25, 0.3) is 0 Å². The van der Waals surface area contributed by atoms with Crippen LogP contribution in [0.4, 0.5) is 4.79 Å². The van der Waals surface area contributed by atoms with Gasteiger partial charge in [-0.2, -0.15) is 0 Å². The minimum absolute atomic E-state index is 0.0873. The summed E-state index contributed by atoms with van der Waals surface area (Å²) in [5.41, 5.74) is 4.46. The average molecular weight is 461 g/mol. The number of rotatable bonds is 7. The lowest BCUT2D eigenvalue weighted by Crippen LogP contribution is -2.51. The maximum Gasteiger partial charge on any atom is 0.407 e. The van der Waals surface area contributed by atoms with Crippen molar-refractivity contribution in [1.29, 1.82) is 0 Å². The number of hydrogen-bond donors (Lipinski definition) is 3. The molecule has 0 aliphatic heterocycles. The van der Waals surface area contributed by atoms with E-state index in [0.717, 1.165) is 28.7 Å². The van der Waals surface area contributed by atoms with Gasteiger partial charge in [0.1, 0.15) is 12.6 Å². The van der Waals surface area contributed by atoms with Gasteiger partial charge in [-0.3, -0.25) is 9.59 Å². The van der Waals surface area contributed by atoms with E-state index in [-0.39, 0.29) is 18.9 Å². The van der Waals surface area contributed by atoms with Crippen molar-refractivity contribution >= 4 is 18.0 Å². The third-order valence-corrected chi connectivity index (χ3v) is 6.60. The van der Waals surface area contributed by atoms with Crippen molar-refractivity contribution in [3.63, 3.8) is 0 Å². The monoisotopic (exact) mass is 460 g/mol. The molecule has 0 aromatic heterocycles. The maximum absolute atomic E-state index is 12.9. The van der Waals surface area contributed by atoms with Gasteiger partial charge in [-0.05, 0) is 42.0 Å². The van der Waals surface area contributed by atoms with E-state index in [2.05, 4.69) is 34.6 Å². The molecule has 2 aliphatic rings. The SMILES string of the molecule is CC#CCC(NC(=O)OCC1c2ccccc2-c2ccccc21)C(=O)N[C@H]1CCC[C@H]1C(=O)O. The van der Waals surface area contributed by atoms with E-state index in [1.807, 2.05) is 36.4 Å². The predicted molar refractivity (Wildman–Crippen MR) is 127 cm³/mol. The highest BCUT2D eigenvalue weighted by Gasteiger charge is 2.35. The van der Waals surface area contributed by atoms with Crippen molar-refractivity contribution in [2.45, 2.75) is 50.6 Å². The zero-order chi connectivity index (χ0) is 24.1. The number of carbonyl (C=O) groups is 3. The summed E-state index contributed by atoms with van der Waals surface area (Å²) in [5, 5.41) is 14.8. The molecule has 0 spiro atoms. The second-order valence-corrected chi connectivity index (χ2v) is 8.64. The minimum atomic E-state index is -0.932. The molecule has 2 amide bonds. The lowest BCUT2D eigenvalue weighted by Gasteiger charge is -2.22. The Hall–Kier alpha value is -3.79. The zero-order valence-electron chi connectivity index (χ0n) is 19.0. The standard InChI is InChI=1S/C27H28N2O5/c1-2-3-14-24(25(30)28-23-15-8-13-21(23)26(31)32)29-27(33)34-16-22-19-11-6-4-9-17(19)18-10-5-7-12-20(18)22/h4-7,9-12,21-24H,8,13-16H2,1H3,(H,28,30)(H,29,33)(H,31,32)/t21-,23+,24?/m1/s1. The fraction of sp³-hybridized carbons (Fsp3) is 0.370. The molecule has 7 nitrogen and oxygen atoms in total. The Morgan fingerprint density at radius 1 is 1.06 bits per heavy atom. The zero-order valence-corrected chi connectivity index (χ0v) is 19.0. The summed E-state index contributed by atoms with van der Waals surface area (Å²) < 4.78 is 5.56. The van der Waals surface area contributed by atoms with Crippen LogP contribution in [-0.2, 0) is 14.3 Å². The van der Waals surface area contributed by atoms with Gasteiger partial charge in [0.05, 0.1) is 5.92 Å². The number of amides is 2. The molecule has 0 heterocycles. The van der Waals surface area contributed by atoms with Gasteiger partial charge in [-0.1, -0.05) is 55.0 Å². The Labute approximate surface area is 198 Å². The molecular formula is C27H28N2O5. The first kappa shape index (κ1) is 23.4. The number of ether oxygens (including phenoxy) is 1. The van der Waals surface area contributed by atoms with Crippen molar-refractivity contribution < 1.29 is 24.2 Å². The van der Waals surface area contributed by atoms with Gasteiger partial charge in [0.15, 0.2) is 0 Å². The van der Waals surface area contributed by atoms with Gasteiger partial charge in [-0.25, -0.2) is 4.79 Å². The number of benzene rings is 2. The van der Waals surface area contributed by atoms with Crippen LogP contribution in [0.1, 0.15) is 49.7 Å². The van der Waals surface area contributed by atoms with Crippen LogP contribution >= 0.6 is 0 Å². The molecule has 0 radical (unpaired) electrons. The molecule has 3 N–H and O–H groups in total. The molecule has 3 atom stereocenters. The summed E-state index contributed by atoms with van der Waals surface area (Å²) in [5.74, 6) is 3.48. The molecule has 34 heavy (non-hydrogen) atoms. The van der Waals surface area contributed by atoms with Crippen molar-refractivity contribution in [3.05, 3.63) is 59.7 Å². The predicted octanol–water partition coefficient (Wildman–Crippen LogP) is 3.68. The number of carbonyl (C=O) groups excluding carboxylic acids is 2. The lowest BCUT2D eigenvalue weighted by molar-refractivity contribution is -0.142. The van der Waals surface area contributed by atoms with E-state index in [4.69, 9.17) is 4.74 Å². The molecule has 0 saturated heterocycles. The first-order valence-corrected chi connectivity index (χ1v) is 11.5.